The average molecular weight is 461 g/mol. The molecule has 4 aromatic rings. The summed E-state index contributed by atoms with van der Waals surface area (Å²) in [6, 6.07) is 20.3. The van der Waals surface area contributed by atoms with Crippen molar-refractivity contribution in [3.63, 3.8) is 0 Å². The molecule has 0 saturated heterocycles. The number of rotatable bonds is 8. The minimum atomic E-state index is 0.115. The molecular formula is C28H32N2O4. The second-order valence-electron chi connectivity index (χ2n) is 9.11. The Morgan fingerprint density at radius 1 is 0.824 bits per heavy atom. The molecule has 178 valence electrons. The van der Waals surface area contributed by atoms with Gasteiger partial charge in [-0.15, -0.1) is 0 Å². The van der Waals surface area contributed by atoms with Gasteiger partial charge in [-0.2, -0.15) is 0 Å². The highest BCUT2D eigenvalue weighted by atomic mass is 16.5. The summed E-state index contributed by atoms with van der Waals surface area (Å²) in [5, 5.41) is 0. The summed E-state index contributed by atoms with van der Waals surface area (Å²) in [5.41, 5.74) is 4.23. The lowest BCUT2D eigenvalue weighted by Gasteiger charge is -2.19. The Morgan fingerprint density at radius 2 is 1.47 bits per heavy atom. The number of fused-ring (bicyclic) bond motifs is 1. The molecule has 0 saturated carbocycles. The average Bonchev–Trinajstić information content (AvgIpc) is 3.21. The Balaban J connectivity index is 1.65. The van der Waals surface area contributed by atoms with Crippen molar-refractivity contribution in [3.05, 3.63) is 66.2 Å². The van der Waals surface area contributed by atoms with Crippen LogP contribution in [0, 0.1) is 0 Å². The van der Waals surface area contributed by atoms with Crippen molar-refractivity contribution in [3.8, 4) is 34.4 Å². The van der Waals surface area contributed by atoms with Gasteiger partial charge in [-0.25, -0.2) is 4.98 Å². The number of hydrogen-bond acceptors (Lipinski definition) is 5. The van der Waals surface area contributed by atoms with E-state index in [9.17, 15) is 0 Å². The van der Waals surface area contributed by atoms with Crippen molar-refractivity contribution in [1.82, 2.24) is 9.55 Å². The number of benzene rings is 3. The van der Waals surface area contributed by atoms with Gasteiger partial charge < -0.3 is 23.5 Å². The molecule has 0 N–H and O–H groups in total. The molecule has 34 heavy (non-hydrogen) atoms. The molecule has 0 spiro atoms. The first-order valence-corrected chi connectivity index (χ1v) is 11.3. The van der Waals surface area contributed by atoms with E-state index in [4.69, 9.17) is 23.9 Å². The Labute approximate surface area is 201 Å². The molecule has 1 aromatic heterocycles. The second kappa shape index (κ2) is 9.67. The van der Waals surface area contributed by atoms with Crippen LogP contribution in [0.15, 0.2) is 60.7 Å². The molecule has 4 rings (SSSR count). The maximum atomic E-state index is 6.10. The lowest BCUT2D eigenvalue weighted by Crippen LogP contribution is -2.11. The van der Waals surface area contributed by atoms with Crippen LogP contribution in [0.25, 0.3) is 22.4 Å². The number of hydrogen-bond donors (Lipinski definition) is 0. The fourth-order valence-corrected chi connectivity index (χ4v) is 4.04. The van der Waals surface area contributed by atoms with Gasteiger partial charge in [0.1, 0.15) is 18.2 Å². The zero-order chi connectivity index (χ0) is 24.3. The highest BCUT2D eigenvalue weighted by molar-refractivity contribution is 5.81. The van der Waals surface area contributed by atoms with Gasteiger partial charge in [-0.1, -0.05) is 45.0 Å². The van der Waals surface area contributed by atoms with Crippen LogP contribution in [-0.4, -0.2) is 37.5 Å². The maximum absolute atomic E-state index is 6.10. The van der Waals surface area contributed by atoms with Crippen molar-refractivity contribution >= 4 is 11.0 Å². The fourth-order valence-electron chi connectivity index (χ4n) is 4.04. The third kappa shape index (κ3) is 4.67. The monoisotopic (exact) mass is 460 g/mol. The molecule has 3 aromatic carbocycles. The number of aromatic nitrogens is 2. The molecule has 0 aliphatic carbocycles. The predicted molar refractivity (Wildman–Crippen MR) is 135 cm³/mol. The number of nitrogens with zero attached hydrogens (tertiary/aromatic N) is 2. The van der Waals surface area contributed by atoms with Gasteiger partial charge in [0.2, 0.25) is 5.75 Å². The van der Waals surface area contributed by atoms with Crippen LogP contribution in [-0.2, 0) is 12.0 Å². The molecule has 1 heterocycles. The molecule has 0 bridgehead atoms. The third-order valence-corrected chi connectivity index (χ3v) is 5.88. The van der Waals surface area contributed by atoms with E-state index in [1.54, 1.807) is 21.3 Å². The number of ether oxygens (including phenoxy) is 4. The third-order valence-electron chi connectivity index (χ3n) is 5.88. The van der Waals surface area contributed by atoms with Crippen LogP contribution < -0.4 is 18.9 Å². The second-order valence-corrected chi connectivity index (χ2v) is 9.11. The lowest BCUT2D eigenvalue weighted by molar-refractivity contribution is 0.300. The molecule has 6 heteroatoms. The highest BCUT2D eigenvalue weighted by Crippen LogP contribution is 2.41. The minimum absolute atomic E-state index is 0.115. The highest BCUT2D eigenvalue weighted by Gasteiger charge is 2.19. The van der Waals surface area contributed by atoms with E-state index in [2.05, 4.69) is 43.5 Å². The zero-order valence-corrected chi connectivity index (χ0v) is 20.7. The Hall–Kier alpha value is -3.67. The van der Waals surface area contributed by atoms with Gasteiger partial charge >= 0.3 is 0 Å². The van der Waals surface area contributed by atoms with Gasteiger partial charge in [0, 0.05) is 5.56 Å². The summed E-state index contributed by atoms with van der Waals surface area (Å²) in [5.74, 6) is 3.40. The van der Waals surface area contributed by atoms with Crippen molar-refractivity contribution in [2.45, 2.75) is 32.7 Å². The Kier molecular flexibility index (Phi) is 6.68. The van der Waals surface area contributed by atoms with E-state index in [-0.39, 0.29) is 5.41 Å². The molecular weight excluding hydrogens is 428 g/mol. The van der Waals surface area contributed by atoms with E-state index in [1.807, 2.05) is 42.5 Å². The first-order valence-electron chi connectivity index (χ1n) is 11.3. The largest absolute Gasteiger partial charge is 0.493 e. The van der Waals surface area contributed by atoms with Crippen LogP contribution in [0.2, 0.25) is 0 Å². The number of methoxy groups -OCH3 is 3. The van der Waals surface area contributed by atoms with Crippen LogP contribution in [0.1, 0.15) is 26.3 Å². The quantitative estimate of drug-likeness (QED) is 0.318. The smallest absolute Gasteiger partial charge is 0.203 e. The molecule has 0 fully saturated rings. The standard InChI is InChI=1S/C28H32N2O4/c1-28(2,3)20-11-13-21(14-12-20)34-16-15-30-23-10-8-7-9-22(23)29-27(30)19-17-24(31-4)26(33-6)25(18-19)32-5/h7-14,17-18H,15-16H2,1-6H3. The summed E-state index contributed by atoms with van der Waals surface area (Å²) >= 11 is 0. The minimum Gasteiger partial charge on any atom is -0.493 e. The Bertz CT molecular complexity index is 1250. The molecule has 0 radical (unpaired) electrons. The van der Waals surface area contributed by atoms with Crippen molar-refractivity contribution in [2.75, 3.05) is 27.9 Å². The lowest BCUT2D eigenvalue weighted by atomic mass is 9.87. The predicted octanol–water partition coefficient (Wildman–Crippen LogP) is 6.11. The van der Waals surface area contributed by atoms with Gasteiger partial charge in [0.15, 0.2) is 11.5 Å². The van der Waals surface area contributed by atoms with E-state index in [0.717, 1.165) is 28.2 Å². The normalized spacial score (nSPS) is 11.5. The van der Waals surface area contributed by atoms with Crippen molar-refractivity contribution in [2.24, 2.45) is 0 Å². The van der Waals surface area contributed by atoms with Crippen LogP contribution in [0.5, 0.6) is 23.0 Å². The fraction of sp³-hybridized carbons (Fsp3) is 0.321. The van der Waals surface area contributed by atoms with Gasteiger partial charge in [0.05, 0.1) is 38.9 Å². The molecule has 6 nitrogen and oxygen atoms in total. The van der Waals surface area contributed by atoms with Crippen molar-refractivity contribution < 1.29 is 18.9 Å². The SMILES string of the molecule is COc1cc(-c2nc3ccccc3n2CCOc2ccc(C(C)(C)C)cc2)cc(OC)c1OC. The van der Waals surface area contributed by atoms with Crippen LogP contribution in [0.3, 0.4) is 0 Å². The molecule has 0 amide bonds. The van der Waals surface area contributed by atoms with E-state index >= 15 is 0 Å². The van der Waals surface area contributed by atoms with E-state index in [1.165, 1.54) is 5.56 Å². The van der Waals surface area contributed by atoms with Gasteiger partial charge in [-0.05, 0) is 47.4 Å². The summed E-state index contributed by atoms with van der Waals surface area (Å²) in [6.45, 7) is 7.76. The van der Waals surface area contributed by atoms with Crippen LogP contribution in [0.4, 0.5) is 0 Å². The Morgan fingerprint density at radius 3 is 2.06 bits per heavy atom. The molecule has 0 atom stereocenters. The van der Waals surface area contributed by atoms with Crippen LogP contribution >= 0.6 is 0 Å². The summed E-state index contributed by atoms with van der Waals surface area (Å²) in [4.78, 5) is 4.91. The van der Waals surface area contributed by atoms with Crippen molar-refractivity contribution in [1.29, 1.82) is 0 Å². The van der Waals surface area contributed by atoms with Gasteiger partial charge in [0.25, 0.3) is 0 Å². The van der Waals surface area contributed by atoms with Gasteiger partial charge in [-0.3, -0.25) is 0 Å². The zero-order valence-electron chi connectivity index (χ0n) is 20.7. The molecule has 0 unspecified atom stereocenters. The maximum Gasteiger partial charge on any atom is 0.203 e. The number of imidazole rings is 1. The number of para-hydroxylation sites is 2. The van der Waals surface area contributed by atoms with E-state index < -0.39 is 0 Å². The molecule has 0 aliphatic rings. The first-order chi connectivity index (χ1) is 16.4. The summed E-state index contributed by atoms with van der Waals surface area (Å²) < 4.78 is 24.9. The molecule has 0 aliphatic heterocycles. The summed E-state index contributed by atoms with van der Waals surface area (Å²) in [6.07, 6.45) is 0. The summed E-state index contributed by atoms with van der Waals surface area (Å²) in [7, 11) is 4.83. The van der Waals surface area contributed by atoms with E-state index in [0.29, 0.717) is 30.4 Å². The topological polar surface area (TPSA) is 54.7 Å². The first kappa shape index (κ1) is 23.5.